The molecular weight excluding hydrogens is 444 g/mol. The molecule has 3 aromatic heterocycles. The zero-order valence-corrected chi connectivity index (χ0v) is 19.9. The van der Waals surface area contributed by atoms with Gasteiger partial charge in [0.15, 0.2) is 0 Å². The average molecular weight is 469 g/mol. The van der Waals surface area contributed by atoms with Gasteiger partial charge in [0, 0.05) is 52.6 Å². The highest BCUT2D eigenvalue weighted by Gasteiger charge is 2.25. The minimum Gasteiger partial charge on any atom is -0.358 e. The van der Waals surface area contributed by atoms with Crippen molar-refractivity contribution in [3.8, 4) is 11.1 Å². The SMILES string of the molecule is Cc1ccc(-c2csc3ncn(CC(=O)N4CCc5[nH]c6ccccc6c5C4)c(=O)c23)cc1C. The molecule has 170 valence electrons. The van der Waals surface area contributed by atoms with Crippen LogP contribution in [0.2, 0.25) is 0 Å². The second kappa shape index (κ2) is 7.95. The number of carbonyl (C=O) groups is 1. The largest absolute Gasteiger partial charge is 0.358 e. The fourth-order valence-corrected chi connectivity index (χ4v) is 5.73. The van der Waals surface area contributed by atoms with E-state index in [0.29, 0.717) is 23.3 Å². The van der Waals surface area contributed by atoms with Crippen LogP contribution in [0.1, 0.15) is 22.4 Å². The van der Waals surface area contributed by atoms with Gasteiger partial charge in [-0.05, 0) is 36.6 Å². The smallest absolute Gasteiger partial charge is 0.263 e. The molecule has 1 aliphatic rings. The van der Waals surface area contributed by atoms with Gasteiger partial charge in [0.2, 0.25) is 5.91 Å². The molecule has 5 aromatic rings. The molecule has 6 rings (SSSR count). The van der Waals surface area contributed by atoms with Crippen LogP contribution in [-0.4, -0.2) is 31.9 Å². The van der Waals surface area contributed by atoms with Crippen molar-refractivity contribution in [2.45, 2.75) is 33.4 Å². The van der Waals surface area contributed by atoms with Gasteiger partial charge in [-0.3, -0.25) is 14.2 Å². The molecule has 0 unspecified atom stereocenters. The topological polar surface area (TPSA) is 71.0 Å². The Morgan fingerprint density at radius 3 is 2.85 bits per heavy atom. The predicted molar refractivity (Wildman–Crippen MR) is 136 cm³/mol. The van der Waals surface area contributed by atoms with Crippen LogP contribution in [0.15, 0.2) is 59.0 Å². The third-order valence-corrected chi connectivity index (χ3v) is 7.81. The standard InChI is InChI=1S/C27H24N4O2S/c1-16-7-8-18(11-17(16)2)21-14-34-26-25(21)27(33)31(15-28-26)13-24(32)30-10-9-23-20(12-30)19-5-3-4-6-22(19)29-23/h3-8,11,14-15,29H,9-10,12-13H2,1-2H3. The normalized spacial score (nSPS) is 13.5. The Balaban J connectivity index is 1.31. The number of hydrogen-bond acceptors (Lipinski definition) is 4. The first-order valence-electron chi connectivity index (χ1n) is 11.4. The highest BCUT2D eigenvalue weighted by Crippen LogP contribution is 2.32. The lowest BCUT2D eigenvalue weighted by molar-refractivity contribution is -0.132. The highest BCUT2D eigenvalue weighted by molar-refractivity contribution is 7.17. The van der Waals surface area contributed by atoms with Crippen LogP contribution >= 0.6 is 11.3 Å². The Morgan fingerprint density at radius 1 is 1.15 bits per heavy atom. The molecule has 1 aliphatic heterocycles. The number of benzene rings is 2. The molecule has 34 heavy (non-hydrogen) atoms. The number of para-hydroxylation sites is 1. The molecule has 0 fully saturated rings. The quantitative estimate of drug-likeness (QED) is 0.413. The monoisotopic (exact) mass is 468 g/mol. The first-order valence-corrected chi connectivity index (χ1v) is 12.3. The lowest BCUT2D eigenvalue weighted by Gasteiger charge is -2.27. The molecule has 0 bridgehead atoms. The van der Waals surface area contributed by atoms with Crippen molar-refractivity contribution in [2.24, 2.45) is 0 Å². The van der Waals surface area contributed by atoms with Crippen molar-refractivity contribution in [1.82, 2.24) is 19.4 Å². The van der Waals surface area contributed by atoms with Gasteiger partial charge < -0.3 is 9.88 Å². The number of hydrogen-bond donors (Lipinski definition) is 1. The van der Waals surface area contributed by atoms with E-state index in [1.807, 2.05) is 28.5 Å². The molecule has 0 spiro atoms. The average Bonchev–Trinajstić information content (AvgIpc) is 3.44. The third kappa shape index (κ3) is 3.35. The van der Waals surface area contributed by atoms with Crippen LogP contribution in [0.25, 0.3) is 32.2 Å². The number of fused-ring (bicyclic) bond motifs is 4. The fraction of sp³-hybridized carbons (Fsp3) is 0.222. The van der Waals surface area contributed by atoms with E-state index in [1.54, 1.807) is 0 Å². The predicted octanol–water partition coefficient (Wildman–Crippen LogP) is 4.81. The maximum atomic E-state index is 13.4. The third-order valence-electron chi connectivity index (χ3n) is 6.92. The summed E-state index contributed by atoms with van der Waals surface area (Å²) in [5, 5.41) is 3.73. The van der Waals surface area contributed by atoms with Crippen molar-refractivity contribution in [3.63, 3.8) is 0 Å². The minimum atomic E-state index is -0.169. The van der Waals surface area contributed by atoms with E-state index in [0.717, 1.165) is 28.5 Å². The van der Waals surface area contributed by atoms with Gasteiger partial charge in [-0.2, -0.15) is 0 Å². The van der Waals surface area contributed by atoms with Crippen molar-refractivity contribution in [3.05, 3.63) is 86.9 Å². The van der Waals surface area contributed by atoms with E-state index in [1.165, 1.54) is 44.6 Å². The molecule has 0 saturated carbocycles. The molecule has 0 atom stereocenters. The number of aromatic nitrogens is 3. The van der Waals surface area contributed by atoms with E-state index in [-0.39, 0.29) is 18.0 Å². The van der Waals surface area contributed by atoms with E-state index in [9.17, 15) is 9.59 Å². The van der Waals surface area contributed by atoms with Gasteiger partial charge in [0.1, 0.15) is 11.4 Å². The van der Waals surface area contributed by atoms with Crippen LogP contribution in [0, 0.1) is 13.8 Å². The Hall–Kier alpha value is -3.71. The number of nitrogens with zero attached hydrogens (tertiary/aromatic N) is 3. The highest BCUT2D eigenvalue weighted by atomic mass is 32.1. The van der Waals surface area contributed by atoms with Crippen molar-refractivity contribution in [1.29, 1.82) is 0 Å². The number of nitrogens with one attached hydrogen (secondary N) is 1. The molecule has 4 heterocycles. The molecule has 7 heteroatoms. The minimum absolute atomic E-state index is 0.0122. The summed E-state index contributed by atoms with van der Waals surface area (Å²) in [5.74, 6) is -0.0675. The zero-order valence-electron chi connectivity index (χ0n) is 19.1. The molecule has 0 saturated heterocycles. The fourth-order valence-electron chi connectivity index (χ4n) is 4.83. The second-order valence-electron chi connectivity index (χ2n) is 9.00. The first-order chi connectivity index (χ1) is 16.5. The van der Waals surface area contributed by atoms with Crippen molar-refractivity contribution >= 4 is 38.4 Å². The molecule has 2 aromatic carbocycles. The number of H-pyrrole nitrogens is 1. The molecule has 0 aliphatic carbocycles. The number of amides is 1. The summed E-state index contributed by atoms with van der Waals surface area (Å²) in [6.45, 7) is 5.32. The summed E-state index contributed by atoms with van der Waals surface area (Å²) in [5.41, 5.74) is 7.57. The van der Waals surface area contributed by atoms with Gasteiger partial charge in [-0.25, -0.2) is 4.98 Å². The van der Waals surface area contributed by atoms with Gasteiger partial charge in [-0.1, -0.05) is 36.4 Å². The number of aromatic amines is 1. The second-order valence-corrected chi connectivity index (χ2v) is 9.86. The number of thiophene rings is 1. The summed E-state index contributed by atoms with van der Waals surface area (Å²) < 4.78 is 1.45. The molecule has 1 amide bonds. The zero-order chi connectivity index (χ0) is 23.4. The number of carbonyl (C=O) groups excluding carboxylic acids is 1. The van der Waals surface area contributed by atoms with Crippen molar-refractivity contribution in [2.75, 3.05) is 6.54 Å². The first kappa shape index (κ1) is 20.9. The van der Waals surface area contributed by atoms with Gasteiger partial charge in [0.05, 0.1) is 11.7 Å². The summed E-state index contributed by atoms with van der Waals surface area (Å²) in [7, 11) is 0. The van der Waals surface area contributed by atoms with E-state index < -0.39 is 0 Å². The van der Waals surface area contributed by atoms with Crippen LogP contribution in [0.4, 0.5) is 0 Å². The summed E-state index contributed by atoms with van der Waals surface area (Å²) in [6, 6.07) is 14.4. The van der Waals surface area contributed by atoms with E-state index in [2.05, 4.69) is 48.1 Å². The van der Waals surface area contributed by atoms with Crippen LogP contribution in [-0.2, 0) is 24.3 Å². The maximum Gasteiger partial charge on any atom is 0.263 e. The molecule has 6 nitrogen and oxygen atoms in total. The molecule has 0 radical (unpaired) electrons. The number of aryl methyl sites for hydroxylation is 2. The van der Waals surface area contributed by atoms with E-state index >= 15 is 0 Å². The van der Waals surface area contributed by atoms with Gasteiger partial charge in [-0.15, -0.1) is 11.3 Å². The Kier molecular flexibility index (Phi) is 4.88. The van der Waals surface area contributed by atoms with Crippen LogP contribution in [0.3, 0.4) is 0 Å². The van der Waals surface area contributed by atoms with Crippen molar-refractivity contribution < 1.29 is 4.79 Å². The summed E-state index contributed by atoms with van der Waals surface area (Å²) in [4.78, 5) is 37.2. The Labute approximate surface area is 200 Å². The Bertz CT molecular complexity index is 1640. The van der Waals surface area contributed by atoms with Crippen LogP contribution in [0.5, 0.6) is 0 Å². The summed E-state index contributed by atoms with van der Waals surface area (Å²) in [6.07, 6.45) is 2.29. The lowest BCUT2D eigenvalue weighted by atomic mass is 10.0. The van der Waals surface area contributed by atoms with E-state index in [4.69, 9.17) is 0 Å². The van der Waals surface area contributed by atoms with Gasteiger partial charge in [0.25, 0.3) is 5.56 Å². The Morgan fingerprint density at radius 2 is 2.00 bits per heavy atom. The molecular formula is C27H24N4O2S. The lowest BCUT2D eigenvalue weighted by Crippen LogP contribution is -2.39. The summed E-state index contributed by atoms with van der Waals surface area (Å²) >= 11 is 1.46. The number of rotatable bonds is 3. The molecule has 1 N–H and O–H groups in total. The van der Waals surface area contributed by atoms with Crippen LogP contribution < -0.4 is 5.56 Å². The van der Waals surface area contributed by atoms with Gasteiger partial charge >= 0.3 is 0 Å². The maximum absolute atomic E-state index is 13.4.